The van der Waals surface area contributed by atoms with Crippen molar-refractivity contribution in [3.63, 3.8) is 0 Å². The zero-order valence-corrected chi connectivity index (χ0v) is 21.0. The van der Waals surface area contributed by atoms with E-state index in [-0.39, 0.29) is 17.9 Å². The normalized spacial score (nSPS) is 11.2. The molecular weight excluding hydrogens is 454 g/mol. The predicted molar refractivity (Wildman–Crippen MR) is 143 cm³/mol. The minimum atomic E-state index is -0.947. The van der Waals surface area contributed by atoms with Crippen molar-refractivity contribution in [1.29, 1.82) is 0 Å². The lowest BCUT2D eigenvalue weighted by Crippen LogP contribution is -2.22. The molecular formula is C30H33NO5. The molecule has 0 saturated carbocycles. The highest BCUT2D eigenvalue weighted by molar-refractivity contribution is 5.98. The average Bonchev–Trinajstić information content (AvgIpc) is 2.89. The van der Waals surface area contributed by atoms with Gasteiger partial charge in [-0.05, 0) is 60.4 Å². The number of benzene rings is 3. The van der Waals surface area contributed by atoms with Crippen molar-refractivity contribution in [1.82, 2.24) is 5.32 Å². The smallest absolute Gasteiger partial charge is 0.331 e. The summed E-state index contributed by atoms with van der Waals surface area (Å²) < 4.78 is 11.3. The van der Waals surface area contributed by atoms with Crippen LogP contribution >= 0.6 is 0 Å². The summed E-state index contributed by atoms with van der Waals surface area (Å²) in [5, 5.41) is 12.4. The van der Waals surface area contributed by atoms with E-state index < -0.39 is 5.97 Å². The third kappa shape index (κ3) is 7.55. The minimum absolute atomic E-state index is 0.00281. The number of carbonyl (C=O) groups excluding carboxylic acids is 1. The molecule has 3 aromatic rings. The molecule has 0 aliphatic carbocycles. The van der Waals surface area contributed by atoms with E-state index in [1.807, 2.05) is 42.5 Å². The van der Waals surface area contributed by atoms with Gasteiger partial charge >= 0.3 is 5.97 Å². The topological polar surface area (TPSA) is 84.9 Å². The number of hydrogen-bond acceptors (Lipinski definition) is 5. The van der Waals surface area contributed by atoms with Crippen LogP contribution in [-0.2, 0) is 11.3 Å². The number of aliphatic carboxylic acids is 1. The van der Waals surface area contributed by atoms with E-state index in [1.165, 1.54) is 0 Å². The Hall–Kier alpha value is -3.90. The Morgan fingerprint density at radius 1 is 1.03 bits per heavy atom. The van der Waals surface area contributed by atoms with Crippen molar-refractivity contribution >= 4 is 17.8 Å². The van der Waals surface area contributed by atoms with E-state index in [2.05, 4.69) is 18.3 Å². The second-order valence-corrected chi connectivity index (χ2v) is 8.55. The first-order valence-corrected chi connectivity index (χ1v) is 12.1. The van der Waals surface area contributed by atoms with Gasteiger partial charge in [0.2, 0.25) is 0 Å². The first-order valence-electron chi connectivity index (χ1n) is 12.1. The Bertz CT molecular complexity index is 1230. The fourth-order valence-electron chi connectivity index (χ4n) is 3.69. The van der Waals surface area contributed by atoms with Crippen LogP contribution < -0.4 is 14.8 Å². The molecule has 0 aliphatic heterocycles. The average molecular weight is 488 g/mol. The molecule has 0 aliphatic rings. The summed E-state index contributed by atoms with van der Waals surface area (Å²) in [5.74, 6) is 0.424. The van der Waals surface area contributed by atoms with Gasteiger partial charge in [0.25, 0.3) is 0 Å². The van der Waals surface area contributed by atoms with Gasteiger partial charge in [0.05, 0.1) is 20.3 Å². The quantitative estimate of drug-likeness (QED) is 0.175. The van der Waals surface area contributed by atoms with Gasteiger partial charge in [0.1, 0.15) is 11.5 Å². The van der Waals surface area contributed by atoms with Gasteiger partial charge in [-0.25, -0.2) is 4.79 Å². The summed E-state index contributed by atoms with van der Waals surface area (Å²) in [5.41, 5.74) is 4.61. The number of carbonyl (C=O) groups is 2. The highest BCUT2D eigenvalue weighted by Crippen LogP contribution is 2.32. The maximum Gasteiger partial charge on any atom is 0.331 e. The van der Waals surface area contributed by atoms with Crippen molar-refractivity contribution in [3.8, 4) is 22.6 Å². The number of Topliss-reactive ketones (excluding diaryl/α,β-unsaturated/α-hetero) is 1. The summed E-state index contributed by atoms with van der Waals surface area (Å²) in [6.07, 6.45) is 3.58. The maximum absolute atomic E-state index is 12.5. The molecule has 0 atom stereocenters. The van der Waals surface area contributed by atoms with Crippen molar-refractivity contribution < 1.29 is 24.2 Å². The SMILES string of the molecule is CCCCOc1cc(/C=C(\C)C(=O)O)ccc1-c1cccc(CNCC(=O)c2cccc(OC)c2)c1. The maximum atomic E-state index is 12.5. The molecule has 0 spiro atoms. The Labute approximate surface area is 212 Å². The number of methoxy groups -OCH3 is 1. The molecule has 0 aromatic heterocycles. The lowest BCUT2D eigenvalue weighted by atomic mass is 9.99. The third-order valence-electron chi connectivity index (χ3n) is 5.73. The largest absolute Gasteiger partial charge is 0.497 e. The van der Waals surface area contributed by atoms with Crippen molar-refractivity contribution in [2.24, 2.45) is 0 Å². The van der Waals surface area contributed by atoms with Gasteiger partial charge in [-0.15, -0.1) is 0 Å². The number of rotatable bonds is 13. The van der Waals surface area contributed by atoms with Crippen LogP contribution in [0.4, 0.5) is 0 Å². The van der Waals surface area contributed by atoms with Crippen LogP contribution in [0.1, 0.15) is 48.2 Å². The van der Waals surface area contributed by atoms with Crippen LogP contribution in [-0.4, -0.2) is 37.1 Å². The second kappa shape index (κ2) is 13.3. The van der Waals surface area contributed by atoms with Gasteiger partial charge in [0, 0.05) is 23.2 Å². The summed E-state index contributed by atoms with van der Waals surface area (Å²) in [6.45, 7) is 5.02. The molecule has 3 rings (SSSR count). The summed E-state index contributed by atoms with van der Waals surface area (Å²) in [4.78, 5) is 23.8. The van der Waals surface area contributed by atoms with E-state index in [4.69, 9.17) is 9.47 Å². The Morgan fingerprint density at radius 2 is 1.83 bits per heavy atom. The molecule has 188 valence electrons. The molecule has 0 unspecified atom stereocenters. The Balaban J connectivity index is 1.75. The number of ketones is 1. The zero-order chi connectivity index (χ0) is 25.9. The predicted octanol–water partition coefficient (Wildman–Crippen LogP) is 6.00. The molecule has 0 bridgehead atoms. The monoisotopic (exact) mass is 487 g/mol. The number of unbranched alkanes of at least 4 members (excludes halogenated alkanes) is 1. The first kappa shape index (κ1) is 26.7. The summed E-state index contributed by atoms with van der Waals surface area (Å²) in [7, 11) is 1.58. The lowest BCUT2D eigenvalue weighted by Gasteiger charge is -2.14. The van der Waals surface area contributed by atoms with Crippen molar-refractivity contribution in [3.05, 3.63) is 89.0 Å². The van der Waals surface area contributed by atoms with Crippen molar-refractivity contribution in [2.45, 2.75) is 33.2 Å². The summed E-state index contributed by atoms with van der Waals surface area (Å²) in [6, 6.07) is 21.0. The number of ether oxygens (including phenoxy) is 2. The minimum Gasteiger partial charge on any atom is -0.497 e. The molecule has 3 aromatic carbocycles. The number of carboxylic acid groups (broad SMARTS) is 1. The van der Waals surface area contributed by atoms with Crippen molar-refractivity contribution in [2.75, 3.05) is 20.3 Å². The highest BCUT2D eigenvalue weighted by Gasteiger charge is 2.11. The van der Waals surface area contributed by atoms with E-state index in [9.17, 15) is 14.7 Å². The number of nitrogens with one attached hydrogen (secondary N) is 1. The van der Waals surface area contributed by atoms with Gasteiger partial charge in [-0.1, -0.05) is 55.8 Å². The van der Waals surface area contributed by atoms with E-state index in [0.29, 0.717) is 30.2 Å². The molecule has 0 heterocycles. The fourth-order valence-corrected chi connectivity index (χ4v) is 3.69. The van der Waals surface area contributed by atoms with Gasteiger partial charge < -0.3 is 19.9 Å². The van der Waals surface area contributed by atoms with Gasteiger partial charge in [-0.3, -0.25) is 4.79 Å². The second-order valence-electron chi connectivity index (χ2n) is 8.55. The van der Waals surface area contributed by atoms with Crippen LogP contribution in [0, 0.1) is 0 Å². The molecule has 36 heavy (non-hydrogen) atoms. The Morgan fingerprint density at radius 3 is 2.58 bits per heavy atom. The molecule has 2 N–H and O–H groups in total. The lowest BCUT2D eigenvalue weighted by molar-refractivity contribution is -0.132. The van der Waals surface area contributed by atoms with E-state index in [1.54, 1.807) is 38.3 Å². The molecule has 0 radical (unpaired) electrons. The number of carboxylic acids is 1. The van der Waals surface area contributed by atoms with E-state index in [0.717, 1.165) is 35.1 Å². The van der Waals surface area contributed by atoms with Gasteiger partial charge in [0.15, 0.2) is 5.78 Å². The zero-order valence-electron chi connectivity index (χ0n) is 21.0. The van der Waals surface area contributed by atoms with Crippen LogP contribution in [0.15, 0.2) is 72.3 Å². The molecule has 0 amide bonds. The van der Waals surface area contributed by atoms with Crippen LogP contribution in [0.3, 0.4) is 0 Å². The fraction of sp³-hybridized carbons (Fsp3) is 0.267. The van der Waals surface area contributed by atoms with Crippen LogP contribution in [0.2, 0.25) is 0 Å². The van der Waals surface area contributed by atoms with Gasteiger partial charge in [-0.2, -0.15) is 0 Å². The van der Waals surface area contributed by atoms with E-state index >= 15 is 0 Å². The van der Waals surface area contributed by atoms with Crippen LogP contribution in [0.5, 0.6) is 11.5 Å². The molecule has 0 saturated heterocycles. The first-order chi connectivity index (χ1) is 17.4. The molecule has 6 nitrogen and oxygen atoms in total. The molecule has 0 fully saturated rings. The highest BCUT2D eigenvalue weighted by atomic mass is 16.5. The third-order valence-corrected chi connectivity index (χ3v) is 5.73. The standard InChI is InChI=1S/C30H33NO5/c1-4-5-14-36-29-17-22(15-21(2)30(33)34)12-13-27(29)24-9-6-8-23(16-24)19-31-20-28(32)25-10-7-11-26(18-25)35-3/h6-13,15-18,31H,4-5,14,19-20H2,1-3H3,(H,33,34)/b21-15+. The van der Waals surface area contributed by atoms with Crippen LogP contribution in [0.25, 0.3) is 17.2 Å². The summed E-state index contributed by atoms with van der Waals surface area (Å²) >= 11 is 0. The Kier molecular flexibility index (Phi) is 9.83. The molecule has 6 heteroatoms. The number of hydrogen-bond donors (Lipinski definition) is 2.